The fraction of sp³-hybridized carbons (Fsp3) is 0.214. The summed E-state index contributed by atoms with van der Waals surface area (Å²) in [4.78, 5) is 22.8. The molecule has 2 unspecified atom stereocenters. The Bertz CT molecular complexity index is 1270. The molecule has 0 N–H and O–H groups in total. The molecule has 32 heavy (non-hydrogen) atoms. The van der Waals surface area contributed by atoms with Crippen LogP contribution in [0.25, 0.3) is 22.0 Å². The van der Waals surface area contributed by atoms with Crippen LogP contribution in [-0.4, -0.2) is 42.0 Å². The summed E-state index contributed by atoms with van der Waals surface area (Å²) < 4.78 is 0. The molecule has 0 saturated carbocycles. The molecular formula is C28H25N3O. The highest BCUT2D eigenvalue weighted by Gasteiger charge is 2.42. The van der Waals surface area contributed by atoms with Gasteiger partial charge in [0.15, 0.2) is 0 Å². The SMILES string of the molecule is O=C(c1ccccc1-c1ccccc1)N1CC2CN(c3ccc4ccccc4n3)CC2C1. The number of likely N-dealkylation sites (tertiary alicyclic amines) is 1. The maximum absolute atomic E-state index is 13.5. The molecule has 2 atom stereocenters. The lowest BCUT2D eigenvalue weighted by molar-refractivity contribution is 0.0783. The van der Waals surface area contributed by atoms with E-state index in [1.807, 2.05) is 54.6 Å². The predicted molar refractivity (Wildman–Crippen MR) is 129 cm³/mol. The topological polar surface area (TPSA) is 36.4 Å². The van der Waals surface area contributed by atoms with Gasteiger partial charge < -0.3 is 9.80 Å². The first-order chi connectivity index (χ1) is 15.8. The zero-order valence-electron chi connectivity index (χ0n) is 17.9. The Morgan fingerprint density at radius 2 is 1.41 bits per heavy atom. The van der Waals surface area contributed by atoms with Crippen molar-refractivity contribution in [1.82, 2.24) is 9.88 Å². The van der Waals surface area contributed by atoms with E-state index in [1.165, 1.54) is 5.39 Å². The number of hydrogen-bond acceptors (Lipinski definition) is 3. The van der Waals surface area contributed by atoms with E-state index in [0.29, 0.717) is 11.8 Å². The Morgan fingerprint density at radius 1 is 0.719 bits per heavy atom. The molecule has 3 heterocycles. The van der Waals surface area contributed by atoms with E-state index in [-0.39, 0.29) is 5.91 Å². The van der Waals surface area contributed by atoms with E-state index in [4.69, 9.17) is 4.98 Å². The van der Waals surface area contributed by atoms with Gasteiger partial charge in [-0.2, -0.15) is 0 Å². The van der Waals surface area contributed by atoms with Crippen molar-refractivity contribution in [3.05, 3.63) is 96.6 Å². The molecule has 6 rings (SSSR count). The number of carbonyl (C=O) groups excluding carboxylic acids is 1. The summed E-state index contributed by atoms with van der Waals surface area (Å²) >= 11 is 0. The average molecular weight is 420 g/mol. The highest BCUT2D eigenvalue weighted by atomic mass is 16.2. The molecule has 2 saturated heterocycles. The molecule has 2 fully saturated rings. The maximum atomic E-state index is 13.5. The molecule has 4 heteroatoms. The molecule has 4 aromatic rings. The molecule has 0 aliphatic carbocycles. The van der Waals surface area contributed by atoms with Crippen molar-refractivity contribution in [3.63, 3.8) is 0 Å². The van der Waals surface area contributed by atoms with Crippen molar-refractivity contribution in [3.8, 4) is 11.1 Å². The number of anilines is 1. The smallest absolute Gasteiger partial charge is 0.254 e. The largest absolute Gasteiger partial charge is 0.356 e. The number of nitrogens with zero attached hydrogens (tertiary/aromatic N) is 3. The van der Waals surface area contributed by atoms with Gasteiger partial charge in [-0.25, -0.2) is 4.98 Å². The Kier molecular flexibility index (Phi) is 4.64. The first-order valence-electron chi connectivity index (χ1n) is 11.3. The molecule has 0 radical (unpaired) electrons. The third kappa shape index (κ3) is 3.32. The van der Waals surface area contributed by atoms with Crippen molar-refractivity contribution in [2.24, 2.45) is 11.8 Å². The van der Waals surface area contributed by atoms with Crippen LogP contribution in [0.15, 0.2) is 91.0 Å². The van der Waals surface area contributed by atoms with Crippen LogP contribution >= 0.6 is 0 Å². The van der Waals surface area contributed by atoms with Crippen molar-refractivity contribution >= 4 is 22.6 Å². The van der Waals surface area contributed by atoms with Gasteiger partial charge in [-0.05, 0) is 35.4 Å². The molecule has 0 spiro atoms. The Labute approximate surface area is 188 Å². The minimum absolute atomic E-state index is 0.147. The minimum Gasteiger partial charge on any atom is -0.356 e. The maximum Gasteiger partial charge on any atom is 0.254 e. The number of benzene rings is 3. The first kappa shape index (κ1) is 19.1. The summed E-state index contributed by atoms with van der Waals surface area (Å²) in [6.07, 6.45) is 0. The highest BCUT2D eigenvalue weighted by molar-refractivity contribution is 6.01. The van der Waals surface area contributed by atoms with Crippen molar-refractivity contribution in [1.29, 1.82) is 0 Å². The third-order valence-corrected chi connectivity index (χ3v) is 6.92. The molecule has 3 aromatic carbocycles. The normalized spacial score (nSPS) is 20.0. The third-order valence-electron chi connectivity index (χ3n) is 6.92. The number of hydrogen-bond donors (Lipinski definition) is 0. The summed E-state index contributed by atoms with van der Waals surface area (Å²) in [5, 5.41) is 1.17. The van der Waals surface area contributed by atoms with E-state index >= 15 is 0 Å². The van der Waals surface area contributed by atoms with E-state index in [2.05, 4.69) is 46.2 Å². The fourth-order valence-electron chi connectivity index (χ4n) is 5.29. The Balaban J connectivity index is 1.19. The van der Waals surface area contributed by atoms with Crippen LogP contribution < -0.4 is 4.90 Å². The zero-order valence-corrected chi connectivity index (χ0v) is 17.9. The molecule has 1 amide bonds. The number of pyridine rings is 1. The second-order valence-electron chi connectivity index (χ2n) is 8.91. The standard InChI is InChI=1S/C28H25N3O/c32-28(25-12-6-5-11-24(25)20-8-2-1-3-9-20)31-18-22-16-30(17-23(22)19-31)27-15-14-21-10-4-7-13-26(21)29-27/h1-15,22-23H,16-19H2. The Hall–Kier alpha value is -3.66. The molecular weight excluding hydrogens is 394 g/mol. The van der Waals surface area contributed by atoms with Gasteiger partial charge in [0.25, 0.3) is 5.91 Å². The van der Waals surface area contributed by atoms with Crippen LogP contribution in [0.1, 0.15) is 10.4 Å². The fourth-order valence-corrected chi connectivity index (χ4v) is 5.29. The van der Waals surface area contributed by atoms with Gasteiger partial charge in [-0.1, -0.05) is 66.7 Å². The molecule has 4 nitrogen and oxygen atoms in total. The van der Waals surface area contributed by atoms with Crippen LogP contribution in [0.3, 0.4) is 0 Å². The molecule has 2 aliphatic heterocycles. The predicted octanol–water partition coefficient (Wildman–Crippen LogP) is 5.11. The van der Waals surface area contributed by atoms with Gasteiger partial charge in [0.2, 0.25) is 0 Å². The van der Waals surface area contributed by atoms with Gasteiger partial charge in [-0.15, -0.1) is 0 Å². The molecule has 158 valence electrons. The second kappa shape index (κ2) is 7.79. The van der Waals surface area contributed by atoms with Gasteiger partial charge in [0.05, 0.1) is 5.52 Å². The van der Waals surface area contributed by atoms with E-state index in [1.54, 1.807) is 0 Å². The van der Waals surface area contributed by atoms with Crippen LogP contribution in [0, 0.1) is 11.8 Å². The van der Waals surface area contributed by atoms with Crippen LogP contribution in [0.2, 0.25) is 0 Å². The molecule has 0 bridgehead atoms. The van der Waals surface area contributed by atoms with Crippen molar-refractivity contribution in [2.45, 2.75) is 0 Å². The number of aromatic nitrogens is 1. The average Bonchev–Trinajstić information content (AvgIpc) is 3.44. The molecule has 2 aliphatic rings. The van der Waals surface area contributed by atoms with E-state index in [9.17, 15) is 4.79 Å². The van der Waals surface area contributed by atoms with Gasteiger partial charge in [0, 0.05) is 49.0 Å². The van der Waals surface area contributed by atoms with Crippen molar-refractivity contribution in [2.75, 3.05) is 31.1 Å². The monoisotopic (exact) mass is 419 g/mol. The lowest BCUT2D eigenvalue weighted by Crippen LogP contribution is -2.33. The zero-order chi connectivity index (χ0) is 21.5. The second-order valence-corrected chi connectivity index (χ2v) is 8.91. The van der Waals surface area contributed by atoms with E-state index in [0.717, 1.165) is 54.2 Å². The number of carbonyl (C=O) groups is 1. The van der Waals surface area contributed by atoms with Crippen molar-refractivity contribution < 1.29 is 4.79 Å². The minimum atomic E-state index is 0.147. The van der Waals surface area contributed by atoms with Crippen LogP contribution in [-0.2, 0) is 0 Å². The summed E-state index contributed by atoms with van der Waals surface area (Å²) in [5.74, 6) is 2.19. The summed E-state index contributed by atoms with van der Waals surface area (Å²) in [5.41, 5.74) is 3.93. The summed E-state index contributed by atoms with van der Waals surface area (Å²) in [6, 6.07) is 30.7. The van der Waals surface area contributed by atoms with Gasteiger partial charge in [0.1, 0.15) is 5.82 Å². The number of amides is 1. The number of para-hydroxylation sites is 1. The lowest BCUT2D eigenvalue weighted by Gasteiger charge is -2.23. The quantitative estimate of drug-likeness (QED) is 0.463. The van der Waals surface area contributed by atoms with Crippen LogP contribution in [0.5, 0.6) is 0 Å². The Morgan fingerprint density at radius 3 is 2.22 bits per heavy atom. The summed E-state index contributed by atoms with van der Waals surface area (Å²) in [7, 11) is 0. The van der Waals surface area contributed by atoms with Gasteiger partial charge in [-0.3, -0.25) is 4.79 Å². The van der Waals surface area contributed by atoms with E-state index < -0.39 is 0 Å². The number of fused-ring (bicyclic) bond motifs is 2. The first-order valence-corrected chi connectivity index (χ1v) is 11.3. The number of rotatable bonds is 3. The lowest BCUT2D eigenvalue weighted by atomic mass is 9.99. The summed E-state index contributed by atoms with van der Waals surface area (Å²) in [6.45, 7) is 3.55. The highest BCUT2D eigenvalue weighted by Crippen LogP contribution is 2.35. The molecule has 1 aromatic heterocycles. The van der Waals surface area contributed by atoms with Crippen LogP contribution in [0.4, 0.5) is 5.82 Å². The van der Waals surface area contributed by atoms with Gasteiger partial charge >= 0.3 is 0 Å².